The van der Waals surface area contributed by atoms with E-state index in [2.05, 4.69) is 27.2 Å². The number of rotatable bonds is 5. The highest BCUT2D eigenvalue weighted by atomic mass is 32.1. The second kappa shape index (κ2) is 7.14. The minimum Gasteiger partial charge on any atom is -0.333 e. The number of benzene rings is 1. The highest BCUT2D eigenvalue weighted by Gasteiger charge is 2.30. The molecule has 1 aliphatic heterocycles. The Labute approximate surface area is 150 Å². The van der Waals surface area contributed by atoms with Crippen LogP contribution in [-0.2, 0) is 13.0 Å². The van der Waals surface area contributed by atoms with Crippen molar-refractivity contribution in [1.29, 1.82) is 0 Å². The highest BCUT2D eigenvalue weighted by Crippen LogP contribution is 2.24. The van der Waals surface area contributed by atoms with Crippen molar-refractivity contribution in [1.82, 2.24) is 24.6 Å². The van der Waals surface area contributed by atoms with Crippen LogP contribution >= 0.6 is 11.3 Å². The summed E-state index contributed by atoms with van der Waals surface area (Å²) in [5.74, 6) is 0.0828. The summed E-state index contributed by atoms with van der Waals surface area (Å²) in [7, 11) is 0. The molecular weight excluding hydrogens is 334 g/mol. The molecular formula is C18H19N5OS. The number of amides is 1. The molecule has 128 valence electrons. The Morgan fingerprint density at radius 1 is 1.28 bits per heavy atom. The van der Waals surface area contributed by atoms with Gasteiger partial charge in [-0.05, 0) is 18.4 Å². The third kappa shape index (κ3) is 3.61. The van der Waals surface area contributed by atoms with Gasteiger partial charge in [-0.1, -0.05) is 30.3 Å². The average Bonchev–Trinajstić information content (AvgIpc) is 3.38. The molecule has 1 atom stereocenters. The van der Waals surface area contributed by atoms with E-state index < -0.39 is 0 Å². The minimum atomic E-state index is 0.0828. The standard InChI is InChI=1S/C18H19N5OS/c24-18(23-8-4-7-15(23)11-22-13-19-12-21-22)16-10-20-17(25-16)9-14-5-2-1-3-6-14/h1-3,5-6,10,12-13,15H,4,7-9,11H2. The van der Waals surface area contributed by atoms with Crippen molar-refractivity contribution in [3.05, 3.63) is 64.6 Å². The van der Waals surface area contributed by atoms with Gasteiger partial charge in [0.2, 0.25) is 0 Å². The molecule has 0 spiro atoms. The van der Waals surface area contributed by atoms with Gasteiger partial charge >= 0.3 is 0 Å². The lowest BCUT2D eigenvalue weighted by Gasteiger charge is -2.23. The number of hydrogen-bond donors (Lipinski definition) is 0. The summed E-state index contributed by atoms with van der Waals surface area (Å²) in [5, 5.41) is 5.13. The van der Waals surface area contributed by atoms with Crippen molar-refractivity contribution in [2.24, 2.45) is 0 Å². The Morgan fingerprint density at radius 3 is 2.96 bits per heavy atom. The molecule has 1 amide bonds. The lowest BCUT2D eigenvalue weighted by atomic mass is 10.2. The second-order valence-corrected chi connectivity index (χ2v) is 7.31. The number of likely N-dealkylation sites (tertiary alicyclic amines) is 1. The van der Waals surface area contributed by atoms with Gasteiger partial charge in [0.1, 0.15) is 17.5 Å². The molecule has 0 radical (unpaired) electrons. The maximum absolute atomic E-state index is 12.9. The highest BCUT2D eigenvalue weighted by molar-refractivity contribution is 7.13. The molecule has 3 heterocycles. The first-order valence-corrected chi connectivity index (χ1v) is 9.23. The molecule has 2 aromatic heterocycles. The molecule has 0 N–H and O–H groups in total. The molecule has 1 unspecified atom stereocenters. The first-order chi connectivity index (χ1) is 12.3. The average molecular weight is 353 g/mol. The van der Waals surface area contributed by atoms with E-state index in [9.17, 15) is 4.79 Å². The molecule has 25 heavy (non-hydrogen) atoms. The fourth-order valence-electron chi connectivity index (χ4n) is 3.24. The first-order valence-electron chi connectivity index (χ1n) is 8.41. The van der Waals surface area contributed by atoms with Crippen LogP contribution in [0.2, 0.25) is 0 Å². The van der Waals surface area contributed by atoms with Crippen LogP contribution in [0.3, 0.4) is 0 Å². The SMILES string of the molecule is O=C(c1cnc(Cc2ccccc2)s1)N1CCCC1Cn1cncn1. The van der Waals surface area contributed by atoms with Crippen LogP contribution < -0.4 is 0 Å². The second-order valence-electron chi connectivity index (χ2n) is 6.19. The van der Waals surface area contributed by atoms with E-state index in [1.54, 1.807) is 17.2 Å². The summed E-state index contributed by atoms with van der Waals surface area (Å²) in [6.07, 6.45) is 7.74. The molecule has 7 heteroatoms. The molecule has 6 nitrogen and oxygen atoms in total. The molecule has 1 aromatic carbocycles. The van der Waals surface area contributed by atoms with Crippen molar-refractivity contribution in [3.63, 3.8) is 0 Å². The van der Waals surface area contributed by atoms with Crippen molar-refractivity contribution in [2.75, 3.05) is 6.54 Å². The van der Waals surface area contributed by atoms with Crippen LogP contribution in [0.4, 0.5) is 0 Å². The van der Waals surface area contributed by atoms with Gasteiger partial charge in [-0.2, -0.15) is 5.10 Å². The monoisotopic (exact) mass is 353 g/mol. The number of carbonyl (C=O) groups is 1. The van der Waals surface area contributed by atoms with Crippen LogP contribution in [0.1, 0.15) is 33.1 Å². The number of hydrogen-bond acceptors (Lipinski definition) is 5. The van der Waals surface area contributed by atoms with Gasteiger partial charge in [0.25, 0.3) is 5.91 Å². The van der Waals surface area contributed by atoms with Crippen LogP contribution in [-0.4, -0.2) is 43.1 Å². The number of nitrogens with zero attached hydrogens (tertiary/aromatic N) is 5. The normalized spacial score (nSPS) is 17.1. The molecule has 1 aliphatic rings. The van der Waals surface area contributed by atoms with Crippen LogP contribution in [0.5, 0.6) is 0 Å². The molecule has 0 bridgehead atoms. The summed E-state index contributed by atoms with van der Waals surface area (Å²) in [4.78, 5) is 24.0. The quantitative estimate of drug-likeness (QED) is 0.707. The Balaban J connectivity index is 1.45. The van der Waals surface area contributed by atoms with E-state index >= 15 is 0 Å². The number of thiazole rings is 1. The predicted octanol–water partition coefficient (Wildman–Crippen LogP) is 2.63. The van der Waals surface area contributed by atoms with Crippen molar-refractivity contribution in [3.8, 4) is 0 Å². The molecule has 0 aliphatic carbocycles. The summed E-state index contributed by atoms with van der Waals surface area (Å²) in [6.45, 7) is 1.49. The summed E-state index contributed by atoms with van der Waals surface area (Å²) < 4.78 is 1.80. The van der Waals surface area contributed by atoms with Crippen molar-refractivity contribution < 1.29 is 4.79 Å². The Morgan fingerprint density at radius 2 is 2.16 bits per heavy atom. The Bertz CT molecular complexity index is 830. The summed E-state index contributed by atoms with van der Waals surface area (Å²) in [5.41, 5.74) is 1.21. The van der Waals surface area contributed by atoms with Crippen LogP contribution in [0.25, 0.3) is 0 Å². The lowest BCUT2D eigenvalue weighted by molar-refractivity contribution is 0.0726. The summed E-state index contributed by atoms with van der Waals surface area (Å²) in [6, 6.07) is 10.4. The largest absolute Gasteiger partial charge is 0.333 e. The lowest BCUT2D eigenvalue weighted by Crippen LogP contribution is -2.37. The molecule has 0 saturated carbocycles. The van der Waals surface area contributed by atoms with E-state index in [4.69, 9.17) is 0 Å². The molecule has 1 fully saturated rings. The third-order valence-corrected chi connectivity index (χ3v) is 5.45. The van der Waals surface area contributed by atoms with Crippen LogP contribution in [0, 0.1) is 0 Å². The van der Waals surface area contributed by atoms with Gasteiger partial charge in [-0.25, -0.2) is 9.97 Å². The molecule has 3 aromatic rings. The van der Waals surface area contributed by atoms with Gasteiger partial charge in [0.15, 0.2) is 0 Å². The van der Waals surface area contributed by atoms with Gasteiger partial charge < -0.3 is 4.90 Å². The Kier molecular flexibility index (Phi) is 4.56. The maximum atomic E-state index is 12.9. The van der Waals surface area contributed by atoms with E-state index in [1.807, 2.05) is 23.1 Å². The van der Waals surface area contributed by atoms with Crippen LogP contribution in [0.15, 0.2) is 49.2 Å². The zero-order valence-electron chi connectivity index (χ0n) is 13.8. The third-order valence-electron chi connectivity index (χ3n) is 4.46. The zero-order valence-corrected chi connectivity index (χ0v) is 14.6. The zero-order chi connectivity index (χ0) is 17.1. The van der Waals surface area contributed by atoms with E-state index in [1.165, 1.54) is 23.2 Å². The van der Waals surface area contributed by atoms with E-state index in [0.717, 1.165) is 35.7 Å². The van der Waals surface area contributed by atoms with Gasteiger partial charge in [0.05, 0.1) is 23.8 Å². The number of carbonyl (C=O) groups excluding carboxylic acids is 1. The first kappa shape index (κ1) is 16.0. The Hall–Kier alpha value is -2.54. The van der Waals surface area contributed by atoms with Gasteiger partial charge in [-0.15, -0.1) is 11.3 Å². The fraction of sp³-hybridized carbons (Fsp3) is 0.333. The molecule has 1 saturated heterocycles. The van der Waals surface area contributed by atoms with Gasteiger partial charge in [-0.3, -0.25) is 9.48 Å². The minimum absolute atomic E-state index is 0.0828. The topological polar surface area (TPSA) is 63.9 Å². The molecule has 4 rings (SSSR count). The number of aromatic nitrogens is 4. The van der Waals surface area contributed by atoms with E-state index in [0.29, 0.717) is 6.54 Å². The maximum Gasteiger partial charge on any atom is 0.265 e. The van der Waals surface area contributed by atoms with Crippen molar-refractivity contribution >= 4 is 17.2 Å². The predicted molar refractivity (Wildman–Crippen MR) is 95.4 cm³/mol. The van der Waals surface area contributed by atoms with Crippen molar-refractivity contribution in [2.45, 2.75) is 31.8 Å². The van der Waals surface area contributed by atoms with E-state index in [-0.39, 0.29) is 11.9 Å². The fourth-order valence-corrected chi connectivity index (χ4v) is 4.15. The van der Waals surface area contributed by atoms with Gasteiger partial charge in [0, 0.05) is 13.0 Å². The smallest absolute Gasteiger partial charge is 0.265 e. The summed E-state index contributed by atoms with van der Waals surface area (Å²) >= 11 is 1.50.